The molecule has 0 aromatic heterocycles. The Morgan fingerprint density at radius 1 is 0.479 bits per heavy atom. The number of aliphatic hydroxyl groups excluding tert-OH is 1. The van der Waals surface area contributed by atoms with Crippen LogP contribution in [0.4, 0.5) is 0 Å². The average Bonchev–Trinajstić information content (AvgIpc) is 3.09. The Morgan fingerprint density at radius 3 is 1.25 bits per heavy atom. The molecule has 0 radical (unpaired) electrons. The van der Waals surface area contributed by atoms with Gasteiger partial charge >= 0.3 is 11.9 Å². The molecule has 5 heteroatoms. The lowest BCUT2D eigenvalue weighted by Crippen LogP contribution is -2.28. The predicted molar refractivity (Wildman–Crippen MR) is 205 cm³/mol. The quantitative estimate of drug-likeness (QED) is 0.0413. The zero-order valence-electron chi connectivity index (χ0n) is 31.2. The smallest absolute Gasteiger partial charge is 0.306 e. The van der Waals surface area contributed by atoms with Crippen LogP contribution in [0.5, 0.6) is 0 Å². The highest BCUT2D eigenvalue weighted by molar-refractivity contribution is 5.70. The number of allylic oxidation sites excluding steroid dienone is 10. The maximum Gasteiger partial charge on any atom is 0.306 e. The molecule has 0 bridgehead atoms. The Kier molecular flexibility index (Phi) is 37.1. The molecular formula is C43H74O5. The Hall–Kier alpha value is -2.40. The topological polar surface area (TPSA) is 72.8 Å². The van der Waals surface area contributed by atoms with Crippen LogP contribution in [0.1, 0.15) is 181 Å². The molecule has 0 aromatic carbocycles. The van der Waals surface area contributed by atoms with Crippen molar-refractivity contribution in [3.63, 3.8) is 0 Å². The third kappa shape index (κ3) is 36.4. The SMILES string of the molecule is CCCCC/C=C/C/C=C/C/C=C/CCCCCCC(=O)O[C@@H](CO)COC(=O)CCCCCCCCC/C=C/C/C=C/CCCCC. The number of esters is 2. The lowest BCUT2D eigenvalue weighted by atomic mass is 10.1. The summed E-state index contributed by atoms with van der Waals surface area (Å²) in [5.74, 6) is -0.628. The molecule has 1 N–H and O–H groups in total. The van der Waals surface area contributed by atoms with Crippen LogP contribution in [-0.2, 0) is 19.1 Å². The molecule has 0 aliphatic heterocycles. The van der Waals surface area contributed by atoms with Gasteiger partial charge in [0.25, 0.3) is 0 Å². The van der Waals surface area contributed by atoms with Crippen LogP contribution in [-0.4, -0.2) is 36.4 Å². The molecule has 0 saturated heterocycles. The molecule has 0 saturated carbocycles. The molecular weight excluding hydrogens is 596 g/mol. The monoisotopic (exact) mass is 671 g/mol. The highest BCUT2D eigenvalue weighted by Crippen LogP contribution is 2.12. The van der Waals surface area contributed by atoms with Gasteiger partial charge in [-0.1, -0.05) is 145 Å². The summed E-state index contributed by atoms with van der Waals surface area (Å²) in [6.45, 7) is 4.05. The second kappa shape index (κ2) is 39.0. The molecule has 0 spiro atoms. The lowest BCUT2D eigenvalue weighted by Gasteiger charge is -2.15. The average molecular weight is 671 g/mol. The molecule has 5 nitrogen and oxygen atoms in total. The van der Waals surface area contributed by atoms with Crippen LogP contribution in [0.15, 0.2) is 60.8 Å². The third-order valence-corrected chi connectivity index (χ3v) is 8.28. The van der Waals surface area contributed by atoms with Crippen molar-refractivity contribution in [2.45, 2.75) is 187 Å². The molecule has 0 rings (SSSR count). The van der Waals surface area contributed by atoms with Gasteiger partial charge in [0.15, 0.2) is 6.10 Å². The molecule has 0 aliphatic rings. The van der Waals surface area contributed by atoms with E-state index in [1.807, 2.05) is 0 Å². The standard InChI is InChI=1S/C43H74O5/c1-3-5-7-9-11-13-15-17-19-21-23-25-27-29-31-33-35-37-42(45)47-40-41(39-44)48-43(46)38-36-34-32-30-28-26-24-22-20-18-16-14-12-10-8-6-4-2/h11-14,17-20,24,26,41,44H,3-10,15-16,21-23,25,27-40H2,1-2H3/b13-11+,14-12+,19-17+,20-18+,26-24+/t41-/m0/s1. The van der Waals surface area contributed by atoms with E-state index in [0.29, 0.717) is 12.8 Å². The van der Waals surface area contributed by atoms with Crippen molar-refractivity contribution in [3.05, 3.63) is 60.8 Å². The first kappa shape index (κ1) is 45.6. The van der Waals surface area contributed by atoms with Crippen molar-refractivity contribution in [3.8, 4) is 0 Å². The van der Waals surface area contributed by atoms with Gasteiger partial charge in [0.1, 0.15) is 6.61 Å². The zero-order chi connectivity index (χ0) is 35.0. The van der Waals surface area contributed by atoms with E-state index < -0.39 is 6.10 Å². The lowest BCUT2D eigenvalue weighted by molar-refractivity contribution is -0.161. The van der Waals surface area contributed by atoms with Gasteiger partial charge in [-0.05, 0) is 83.5 Å². The highest BCUT2D eigenvalue weighted by atomic mass is 16.6. The van der Waals surface area contributed by atoms with Crippen LogP contribution in [0, 0.1) is 0 Å². The number of unbranched alkanes of at least 4 members (excludes halogenated alkanes) is 17. The number of aliphatic hydroxyl groups is 1. The van der Waals surface area contributed by atoms with E-state index in [9.17, 15) is 14.7 Å². The van der Waals surface area contributed by atoms with Gasteiger partial charge in [-0.15, -0.1) is 0 Å². The number of rotatable bonds is 35. The van der Waals surface area contributed by atoms with E-state index in [1.165, 1.54) is 77.0 Å². The van der Waals surface area contributed by atoms with Crippen LogP contribution in [0.2, 0.25) is 0 Å². The maximum absolute atomic E-state index is 12.2. The fraction of sp³-hybridized carbons (Fsp3) is 0.721. The second-order valence-corrected chi connectivity index (χ2v) is 13.0. The summed E-state index contributed by atoms with van der Waals surface area (Å²) in [6.07, 6.45) is 49.9. The molecule has 0 aliphatic carbocycles. The van der Waals surface area contributed by atoms with Crippen molar-refractivity contribution in [2.75, 3.05) is 13.2 Å². The number of ether oxygens (including phenoxy) is 2. The first-order chi connectivity index (χ1) is 23.6. The summed E-state index contributed by atoms with van der Waals surface area (Å²) >= 11 is 0. The number of hydrogen-bond acceptors (Lipinski definition) is 5. The molecule has 276 valence electrons. The maximum atomic E-state index is 12.2. The Morgan fingerprint density at radius 2 is 0.833 bits per heavy atom. The number of hydrogen-bond donors (Lipinski definition) is 1. The number of carbonyl (C=O) groups is 2. The van der Waals surface area contributed by atoms with E-state index in [-0.39, 0.29) is 25.2 Å². The van der Waals surface area contributed by atoms with Crippen molar-refractivity contribution in [1.29, 1.82) is 0 Å². The van der Waals surface area contributed by atoms with Gasteiger partial charge in [-0.3, -0.25) is 9.59 Å². The number of carbonyl (C=O) groups excluding carboxylic acids is 2. The molecule has 0 aromatic rings. The molecule has 0 heterocycles. The highest BCUT2D eigenvalue weighted by Gasteiger charge is 2.16. The molecule has 0 unspecified atom stereocenters. The van der Waals surface area contributed by atoms with Crippen LogP contribution < -0.4 is 0 Å². The Balaban J connectivity index is 3.63. The minimum absolute atomic E-state index is 0.0813. The third-order valence-electron chi connectivity index (χ3n) is 8.28. The summed E-state index contributed by atoms with van der Waals surface area (Å²) in [5.41, 5.74) is 0. The van der Waals surface area contributed by atoms with Crippen LogP contribution in [0.25, 0.3) is 0 Å². The van der Waals surface area contributed by atoms with Gasteiger partial charge < -0.3 is 14.6 Å². The van der Waals surface area contributed by atoms with Crippen LogP contribution in [0.3, 0.4) is 0 Å². The first-order valence-corrected chi connectivity index (χ1v) is 19.8. The van der Waals surface area contributed by atoms with Crippen molar-refractivity contribution < 1.29 is 24.2 Å². The molecule has 48 heavy (non-hydrogen) atoms. The Labute approximate surface area is 296 Å². The fourth-order valence-electron chi connectivity index (χ4n) is 5.24. The molecule has 0 fully saturated rings. The Bertz CT molecular complexity index is 853. The van der Waals surface area contributed by atoms with E-state index in [0.717, 1.165) is 77.0 Å². The second-order valence-electron chi connectivity index (χ2n) is 13.0. The van der Waals surface area contributed by atoms with Crippen molar-refractivity contribution in [2.24, 2.45) is 0 Å². The van der Waals surface area contributed by atoms with Gasteiger partial charge in [0, 0.05) is 12.8 Å². The zero-order valence-corrected chi connectivity index (χ0v) is 31.2. The van der Waals surface area contributed by atoms with E-state index in [2.05, 4.69) is 74.6 Å². The minimum Gasteiger partial charge on any atom is -0.462 e. The molecule has 0 amide bonds. The van der Waals surface area contributed by atoms with Crippen LogP contribution >= 0.6 is 0 Å². The van der Waals surface area contributed by atoms with E-state index in [1.54, 1.807) is 0 Å². The van der Waals surface area contributed by atoms with Crippen molar-refractivity contribution in [1.82, 2.24) is 0 Å². The summed E-state index contributed by atoms with van der Waals surface area (Å²) in [7, 11) is 0. The summed E-state index contributed by atoms with van der Waals surface area (Å²) in [4.78, 5) is 24.3. The fourth-order valence-corrected chi connectivity index (χ4v) is 5.24. The summed E-state index contributed by atoms with van der Waals surface area (Å²) < 4.78 is 10.6. The van der Waals surface area contributed by atoms with Crippen molar-refractivity contribution >= 4 is 11.9 Å². The predicted octanol–water partition coefficient (Wildman–Crippen LogP) is 12.4. The van der Waals surface area contributed by atoms with Gasteiger partial charge in [0.2, 0.25) is 0 Å². The van der Waals surface area contributed by atoms with E-state index in [4.69, 9.17) is 9.47 Å². The van der Waals surface area contributed by atoms with Gasteiger partial charge in [0.05, 0.1) is 6.61 Å². The summed E-state index contributed by atoms with van der Waals surface area (Å²) in [5, 5.41) is 9.55. The first-order valence-electron chi connectivity index (χ1n) is 19.8. The van der Waals surface area contributed by atoms with Gasteiger partial charge in [-0.25, -0.2) is 0 Å². The minimum atomic E-state index is -0.788. The van der Waals surface area contributed by atoms with E-state index >= 15 is 0 Å². The molecule has 1 atom stereocenters. The summed E-state index contributed by atoms with van der Waals surface area (Å²) in [6, 6.07) is 0. The largest absolute Gasteiger partial charge is 0.462 e. The normalized spacial score (nSPS) is 12.8. The van der Waals surface area contributed by atoms with Gasteiger partial charge in [-0.2, -0.15) is 0 Å².